The molecule has 0 atom stereocenters. The highest BCUT2D eigenvalue weighted by molar-refractivity contribution is 5.35. The Balaban J connectivity index is 3.71. The van der Waals surface area contributed by atoms with E-state index >= 15 is 0 Å². The molecular weight excluding hydrogens is 240 g/mol. The molecule has 0 aliphatic carbocycles. The van der Waals surface area contributed by atoms with Gasteiger partial charge < -0.3 is 4.98 Å². The second kappa shape index (κ2) is 3.53. The third-order valence-corrected chi connectivity index (χ3v) is 1.86. The van der Waals surface area contributed by atoms with Crippen LogP contribution in [-0.2, 0) is 12.4 Å². The molecule has 0 saturated carbocycles. The summed E-state index contributed by atoms with van der Waals surface area (Å²) >= 11 is 0. The molecule has 1 aromatic rings. The fourth-order valence-corrected chi connectivity index (χ4v) is 1.26. The Morgan fingerprint density at radius 3 is 1.75 bits per heavy atom. The number of H-pyrrole nitrogens is 1. The highest BCUT2D eigenvalue weighted by Crippen LogP contribution is 2.39. The minimum atomic E-state index is -5.34. The van der Waals surface area contributed by atoms with Crippen LogP contribution in [-0.4, -0.2) is 4.98 Å². The van der Waals surface area contributed by atoms with Gasteiger partial charge in [0.05, 0.1) is 5.56 Å². The van der Waals surface area contributed by atoms with Crippen LogP contribution in [0.1, 0.15) is 16.7 Å². The molecule has 1 rings (SSSR count). The van der Waals surface area contributed by atoms with E-state index in [9.17, 15) is 31.1 Å². The van der Waals surface area contributed by atoms with Gasteiger partial charge >= 0.3 is 12.4 Å². The fourth-order valence-electron chi connectivity index (χ4n) is 1.26. The zero-order chi connectivity index (χ0) is 12.7. The monoisotopic (exact) mass is 245 g/mol. The Labute approximate surface area is 84.9 Å². The van der Waals surface area contributed by atoms with E-state index in [1.807, 2.05) is 0 Å². The molecule has 0 aromatic carbocycles. The molecule has 1 heterocycles. The molecular formula is C8H5F6NO. The lowest BCUT2D eigenvalue weighted by Gasteiger charge is -2.16. The molecule has 0 fully saturated rings. The molecule has 90 valence electrons. The van der Waals surface area contributed by atoms with E-state index in [2.05, 4.69) is 0 Å². The summed E-state index contributed by atoms with van der Waals surface area (Å²) in [5.74, 6) is 0. The standard InChI is InChI=1S/C8H5F6NO/c1-3-2-15-6(16)5(8(12,13)14)4(3)7(9,10)11/h2H,1H3,(H,15,16). The first-order chi connectivity index (χ1) is 7.05. The van der Waals surface area contributed by atoms with Crippen molar-refractivity contribution in [3.8, 4) is 0 Å². The van der Waals surface area contributed by atoms with E-state index < -0.39 is 34.6 Å². The maximum atomic E-state index is 12.4. The average molecular weight is 245 g/mol. The van der Waals surface area contributed by atoms with Crippen molar-refractivity contribution in [2.24, 2.45) is 0 Å². The van der Waals surface area contributed by atoms with E-state index in [1.54, 1.807) is 4.98 Å². The van der Waals surface area contributed by atoms with Gasteiger partial charge in [-0.3, -0.25) is 4.79 Å². The highest BCUT2D eigenvalue weighted by atomic mass is 19.4. The van der Waals surface area contributed by atoms with Gasteiger partial charge in [0.25, 0.3) is 5.56 Å². The quantitative estimate of drug-likeness (QED) is 0.700. The van der Waals surface area contributed by atoms with Crippen LogP contribution in [0.15, 0.2) is 11.0 Å². The van der Waals surface area contributed by atoms with E-state index in [-0.39, 0.29) is 0 Å². The van der Waals surface area contributed by atoms with Crippen molar-refractivity contribution >= 4 is 0 Å². The molecule has 0 spiro atoms. The number of nitrogens with one attached hydrogen (secondary N) is 1. The summed E-state index contributed by atoms with van der Waals surface area (Å²) in [5, 5.41) is 0. The number of hydrogen-bond acceptors (Lipinski definition) is 1. The van der Waals surface area contributed by atoms with Gasteiger partial charge in [-0.2, -0.15) is 26.3 Å². The second-order valence-electron chi connectivity index (χ2n) is 3.05. The number of aryl methyl sites for hydroxylation is 1. The molecule has 1 aromatic heterocycles. The lowest BCUT2D eigenvalue weighted by molar-refractivity contribution is -0.163. The molecule has 0 aliphatic rings. The smallest absolute Gasteiger partial charge is 0.328 e. The summed E-state index contributed by atoms with van der Waals surface area (Å²) in [7, 11) is 0. The Bertz CT molecular complexity index is 455. The van der Waals surface area contributed by atoms with Gasteiger partial charge in [-0.15, -0.1) is 0 Å². The van der Waals surface area contributed by atoms with Crippen LogP contribution in [0.2, 0.25) is 0 Å². The Morgan fingerprint density at radius 2 is 1.44 bits per heavy atom. The zero-order valence-electron chi connectivity index (χ0n) is 7.75. The van der Waals surface area contributed by atoms with E-state index in [0.717, 1.165) is 6.92 Å². The third kappa shape index (κ3) is 2.20. The second-order valence-corrected chi connectivity index (χ2v) is 3.05. The maximum Gasteiger partial charge on any atom is 0.422 e. The van der Waals surface area contributed by atoms with Crippen LogP contribution < -0.4 is 5.56 Å². The van der Waals surface area contributed by atoms with Crippen LogP contribution in [0.25, 0.3) is 0 Å². The van der Waals surface area contributed by atoms with Crippen LogP contribution in [0.4, 0.5) is 26.3 Å². The van der Waals surface area contributed by atoms with Gasteiger partial charge in [0.2, 0.25) is 0 Å². The van der Waals surface area contributed by atoms with Crippen molar-refractivity contribution < 1.29 is 26.3 Å². The van der Waals surface area contributed by atoms with Crippen molar-refractivity contribution in [2.75, 3.05) is 0 Å². The first-order valence-electron chi connectivity index (χ1n) is 3.92. The zero-order valence-corrected chi connectivity index (χ0v) is 7.75. The summed E-state index contributed by atoms with van der Waals surface area (Å²) in [6.07, 6.45) is -9.96. The maximum absolute atomic E-state index is 12.4. The molecule has 16 heavy (non-hydrogen) atoms. The Hall–Kier alpha value is -1.47. The molecule has 0 unspecified atom stereocenters. The first kappa shape index (κ1) is 12.6. The van der Waals surface area contributed by atoms with Crippen molar-refractivity contribution in [3.63, 3.8) is 0 Å². The van der Waals surface area contributed by atoms with Gasteiger partial charge in [-0.25, -0.2) is 0 Å². The summed E-state index contributed by atoms with van der Waals surface area (Å²) in [6, 6.07) is 0. The first-order valence-corrected chi connectivity index (χ1v) is 3.92. The predicted octanol–water partition coefficient (Wildman–Crippen LogP) is 2.72. The molecule has 0 aliphatic heterocycles. The number of halogens is 6. The highest BCUT2D eigenvalue weighted by Gasteiger charge is 2.46. The molecule has 0 bridgehead atoms. The van der Waals surface area contributed by atoms with Crippen LogP contribution >= 0.6 is 0 Å². The van der Waals surface area contributed by atoms with Gasteiger partial charge in [0.15, 0.2) is 0 Å². The van der Waals surface area contributed by atoms with Crippen molar-refractivity contribution in [1.82, 2.24) is 4.98 Å². The number of hydrogen-bond donors (Lipinski definition) is 1. The molecule has 0 radical (unpaired) electrons. The van der Waals surface area contributed by atoms with Crippen LogP contribution in [0, 0.1) is 6.92 Å². The van der Waals surface area contributed by atoms with E-state index in [1.165, 1.54) is 0 Å². The van der Waals surface area contributed by atoms with E-state index in [4.69, 9.17) is 0 Å². The van der Waals surface area contributed by atoms with Crippen molar-refractivity contribution in [2.45, 2.75) is 19.3 Å². The lowest BCUT2D eigenvalue weighted by atomic mass is 10.0. The minimum Gasteiger partial charge on any atom is -0.328 e. The lowest BCUT2D eigenvalue weighted by Crippen LogP contribution is -2.28. The summed E-state index contributed by atoms with van der Waals surface area (Å²) in [5.41, 5.74) is -6.63. The summed E-state index contributed by atoms with van der Waals surface area (Å²) in [6.45, 7) is 0.841. The van der Waals surface area contributed by atoms with Crippen LogP contribution in [0.3, 0.4) is 0 Å². The summed E-state index contributed by atoms with van der Waals surface area (Å²) < 4.78 is 74.0. The number of pyridine rings is 1. The normalized spacial score (nSPS) is 12.9. The fraction of sp³-hybridized carbons (Fsp3) is 0.375. The number of alkyl halides is 6. The number of aromatic amines is 1. The van der Waals surface area contributed by atoms with Crippen molar-refractivity contribution in [1.29, 1.82) is 0 Å². The van der Waals surface area contributed by atoms with Gasteiger partial charge in [-0.05, 0) is 12.5 Å². The topological polar surface area (TPSA) is 32.9 Å². The summed E-state index contributed by atoms with van der Waals surface area (Å²) in [4.78, 5) is 12.4. The molecule has 0 saturated heterocycles. The molecule has 8 heteroatoms. The number of aromatic nitrogens is 1. The Kier molecular flexibility index (Phi) is 2.78. The Morgan fingerprint density at radius 1 is 1.00 bits per heavy atom. The predicted molar refractivity (Wildman–Crippen MR) is 41.8 cm³/mol. The van der Waals surface area contributed by atoms with Gasteiger partial charge in [0.1, 0.15) is 5.56 Å². The molecule has 1 N–H and O–H groups in total. The average Bonchev–Trinajstić information content (AvgIpc) is 2.04. The van der Waals surface area contributed by atoms with Gasteiger partial charge in [0, 0.05) is 6.20 Å². The minimum absolute atomic E-state index is 0.598. The SMILES string of the molecule is Cc1c[nH]c(=O)c(C(F)(F)F)c1C(F)(F)F. The van der Waals surface area contributed by atoms with Crippen LogP contribution in [0.5, 0.6) is 0 Å². The molecule has 2 nitrogen and oxygen atoms in total. The van der Waals surface area contributed by atoms with E-state index in [0.29, 0.717) is 6.20 Å². The van der Waals surface area contributed by atoms with Crippen molar-refractivity contribution in [3.05, 3.63) is 33.2 Å². The largest absolute Gasteiger partial charge is 0.422 e. The third-order valence-electron chi connectivity index (χ3n) is 1.86. The number of rotatable bonds is 0. The van der Waals surface area contributed by atoms with Gasteiger partial charge in [-0.1, -0.05) is 0 Å². The molecule has 0 amide bonds.